The van der Waals surface area contributed by atoms with Crippen LogP contribution in [0.3, 0.4) is 0 Å². The minimum absolute atomic E-state index is 0.253. The first-order valence-corrected chi connectivity index (χ1v) is 6.46. The van der Waals surface area contributed by atoms with Crippen LogP contribution in [0.4, 0.5) is 13.2 Å². The van der Waals surface area contributed by atoms with Crippen LogP contribution < -0.4 is 9.47 Å². The Balaban J connectivity index is 2.46. The largest absolute Gasteiger partial charge is 0.573 e. The monoisotopic (exact) mass is 307 g/mol. The van der Waals surface area contributed by atoms with Crippen LogP contribution in [0.25, 0.3) is 11.1 Å². The van der Waals surface area contributed by atoms with Gasteiger partial charge < -0.3 is 9.47 Å². The maximum absolute atomic E-state index is 12.3. The molecule has 114 valence electrons. The lowest BCUT2D eigenvalue weighted by Crippen LogP contribution is -2.17. The van der Waals surface area contributed by atoms with Crippen LogP contribution in [0.1, 0.15) is 12.5 Å². The Kier molecular flexibility index (Phi) is 4.56. The number of ether oxygens (including phenoxy) is 2. The van der Waals surface area contributed by atoms with Gasteiger partial charge in [0.2, 0.25) is 0 Å². The van der Waals surface area contributed by atoms with Crippen molar-refractivity contribution < 1.29 is 22.6 Å². The Labute approximate surface area is 125 Å². The fourth-order valence-corrected chi connectivity index (χ4v) is 1.98. The summed E-state index contributed by atoms with van der Waals surface area (Å²) in [5, 5.41) is 9.13. The summed E-state index contributed by atoms with van der Waals surface area (Å²) in [7, 11) is 0. The van der Waals surface area contributed by atoms with E-state index >= 15 is 0 Å². The first-order valence-electron chi connectivity index (χ1n) is 6.46. The molecule has 0 fully saturated rings. The third-order valence-electron chi connectivity index (χ3n) is 2.80. The van der Waals surface area contributed by atoms with Gasteiger partial charge in [-0.25, -0.2) is 0 Å². The third-order valence-corrected chi connectivity index (χ3v) is 2.80. The summed E-state index contributed by atoms with van der Waals surface area (Å²) in [4.78, 5) is 0. The van der Waals surface area contributed by atoms with Crippen LogP contribution >= 0.6 is 0 Å². The van der Waals surface area contributed by atoms with Crippen LogP contribution in [0.2, 0.25) is 0 Å². The molecule has 22 heavy (non-hydrogen) atoms. The predicted octanol–water partition coefficient (Wildman–Crippen LogP) is 4.52. The molecule has 0 saturated heterocycles. The average molecular weight is 307 g/mol. The molecule has 0 aromatic heterocycles. The number of benzene rings is 2. The van der Waals surface area contributed by atoms with E-state index in [9.17, 15) is 13.2 Å². The predicted molar refractivity (Wildman–Crippen MR) is 74.4 cm³/mol. The molecule has 0 saturated carbocycles. The maximum Gasteiger partial charge on any atom is 0.573 e. The number of alkyl halides is 3. The molecule has 0 unspecified atom stereocenters. The van der Waals surface area contributed by atoms with E-state index < -0.39 is 6.36 Å². The van der Waals surface area contributed by atoms with Crippen molar-refractivity contribution >= 4 is 0 Å². The molecule has 0 N–H and O–H groups in total. The number of hydrogen-bond donors (Lipinski definition) is 0. The molecule has 0 radical (unpaired) electrons. The number of halogens is 3. The van der Waals surface area contributed by atoms with E-state index in [-0.39, 0.29) is 11.3 Å². The standard InChI is InChI=1S/C16H12F3NO2/c1-2-21-13-5-3-4-11(8-13)15-9-14(22-16(17,18)19)7-6-12(15)10-20/h3-9H,2H2,1H3. The van der Waals surface area contributed by atoms with E-state index in [4.69, 9.17) is 10.00 Å². The van der Waals surface area contributed by atoms with Gasteiger partial charge in [0.25, 0.3) is 0 Å². The molecular weight excluding hydrogens is 295 g/mol. The minimum atomic E-state index is -4.78. The summed E-state index contributed by atoms with van der Waals surface area (Å²) in [5.74, 6) is 0.203. The first kappa shape index (κ1) is 15.7. The second-order valence-electron chi connectivity index (χ2n) is 4.33. The normalized spacial score (nSPS) is 10.9. The zero-order valence-electron chi connectivity index (χ0n) is 11.6. The van der Waals surface area contributed by atoms with Crippen molar-refractivity contribution in [3.8, 4) is 28.7 Å². The van der Waals surface area contributed by atoms with E-state index in [1.54, 1.807) is 24.3 Å². The van der Waals surface area contributed by atoms with Crippen molar-refractivity contribution in [2.75, 3.05) is 6.61 Å². The van der Waals surface area contributed by atoms with E-state index in [1.165, 1.54) is 12.1 Å². The molecule has 2 rings (SSSR count). The molecule has 6 heteroatoms. The van der Waals surface area contributed by atoms with Crippen LogP contribution in [0.5, 0.6) is 11.5 Å². The molecule has 0 heterocycles. The lowest BCUT2D eigenvalue weighted by Gasteiger charge is -2.12. The maximum atomic E-state index is 12.3. The van der Waals surface area contributed by atoms with Crippen LogP contribution in [0, 0.1) is 11.3 Å². The van der Waals surface area contributed by atoms with Gasteiger partial charge in [-0.2, -0.15) is 5.26 Å². The Morgan fingerprint density at radius 3 is 2.50 bits per heavy atom. The van der Waals surface area contributed by atoms with E-state index in [0.717, 1.165) is 6.07 Å². The fraction of sp³-hybridized carbons (Fsp3) is 0.188. The minimum Gasteiger partial charge on any atom is -0.494 e. The quantitative estimate of drug-likeness (QED) is 0.834. The lowest BCUT2D eigenvalue weighted by atomic mass is 10.00. The highest BCUT2D eigenvalue weighted by Gasteiger charge is 2.31. The van der Waals surface area contributed by atoms with Crippen molar-refractivity contribution in [1.29, 1.82) is 5.26 Å². The molecular formula is C16H12F3NO2. The van der Waals surface area contributed by atoms with Gasteiger partial charge in [-0.1, -0.05) is 12.1 Å². The van der Waals surface area contributed by atoms with Crippen molar-refractivity contribution in [1.82, 2.24) is 0 Å². The molecule has 0 aliphatic rings. The highest BCUT2D eigenvalue weighted by atomic mass is 19.4. The SMILES string of the molecule is CCOc1cccc(-c2cc(OC(F)(F)F)ccc2C#N)c1. The Morgan fingerprint density at radius 1 is 1.09 bits per heavy atom. The summed E-state index contributed by atoms with van der Waals surface area (Å²) in [6, 6.07) is 12.4. The van der Waals surface area contributed by atoms with Gasteiger partial charge in [-0.15, -0.1) is 13.2 Å². The van der Waals surface area contributed by atoms with Gasteiger partial charge in [-0.05, 0) is 42.8 Å². The topological polar surface area (TPSA) is 42.2 Å². The third kappa shape index (κ3) is 3.92. The number of nitriles is 1. The van der Waals surface area contributed by atoms with Crippen molar-refractivity contribution in [3.05, 3.63) is 48.0 Å². The van der Waals surface area contributed by atoms with E-state index in [2.05, 4.69) is 4.74 Å². The van der Waals surface area contributed by atoms with Crippen LogP contribution in [-0.4, -0.2) is 13.0 Å². The zero-order chi connectivity index (χ0) is 16.2. The molecule has 0 atom stereocenters. The second kappa shape index (κ2) is 6.39. The van der Waals surface area contributed by atoms with Crippen molar-refractivity contribution in [3.63, 3.8) is 0 Å². The van der Waals surface area contributed by atoms with Gasteiger partial charge in [0.1, 0.15) is 11.5 Å². The summed E-state index contributed by atoms with van der Waals surface area (Å²) in [6.07, 6.45) is -4.78. The molecule has 0 spiro atoms. The Hall–Kier alpha value is -2.68. The second-order valence-corrected chi connectivity index (χ2v) is 4.33. The average Bonchev–Trinajstić information content (AvgIpc) is 2.46. The zero-order valence-corrected chi connectivity index (χ0v) is 11.6. The van der Waals surface area contributed by atoms with Crippen molar-refractivity contribution in [2.24, 2.45) is 0 Å². The molecule has 2 aromatic rings. The first-order chi connectivity index (χ1) is 10.4. The smallest absolute Gasteiger partial charge is 0.494 e. The van der Waals surface area contributed by atoms with Gasteiger partial charge >= 0.3 is 6.36 Å². The van der Waals surface area contributed by atoms with E-state index in [1.807, 2.05) is 13.0 Å². The van der Waals surface area contributed by atoms with Crippen LogP contribution in [0.15, 0.2) is 42.5 Å². The van der Waals surface area contributed by atoms with Gasteiger partial charge in [-0.3, -0.25) is 0 Å². The molecule has 0 bridgehead atoms. The van der Waals surface area contributed by atoms with Crippen molar-refractivity contribution in [2.45, 2.75) is 13.3 Å². The summed E-state index contributed by atoms with van der Waals surface area (Å²) in [5.41, 5.74) is 1.18. The summed E-state index contributed by atoms with van der Waals surface area (Å²) in [6.45, 7) is 2.29. The number of nitrogens with zero attached hydrogens (tertiary/aromatic N) is 1. The fourth-order valence-electron chi connectivity index (χ4n) is 1.98. The molecule has 0 aliphatic carbocycles. The van der Waals surface area contributed by atoms with Gasteiger partial charge in [0, 0.05) is 5.56 Å². The van der Waals surface area contributed by atoms with Gasteiger partial charge in [0.15, 0.2) is 0 Å². The highest BCUT2D eigenvalue weighted by molar-refractivity contribution is 5.73. The molecule has 2 aromatic carbocycles. The van der Waals surface area contributed by atoms with Crippen LogP contribution in [-0.2, 0) is 0 Å². The number of rotatable bonds is 4. The Morgan fingerprint density at radius 2 is 1.86 bits per heavy atom. The molecule has 0 amide bonds. The highest BCUT2D eigenvalue weighted by Crippen LogP contribution is 2.32. The summed E-state index contributed by atoms with van der Waals surface area (Å²) >= 11 is 0. The summed E-state index contributed by atoms with van der Waals surface area (Å²) < 4.78 is 46.2. The Bertz CT molecular complexity index is 705. The molecule has 0 aliphatic heterocycles. The number of hydrogen-bond acceptors (Lipinski definition) is 3. The van der Waals surface area contributed by atoms with Gasteiger partial charge in [0.05, 0.1) is 18.2 Å². The lowest BCUT2D eigenvalue weighted by molar-refractivity contribution is -0.274. The molecule has 3 nitrogen and oxygen atoms in total. The van der Waals surface area contributed by atoms with E-state index in [0.29, 0.717) is 23.5 Å².